The van der Waals surface area contributed by atoms with Crippen molar-refractivity contribution < 1.29 is 9.90 Å². The lowest BCUT2D eigenvalue weighted by Gasteiger charge is -2.13. The van der Waals surface area contributed by atoms with Gasteiger partial charge in [-0.15, -0.1) is 0 Å². The summed E-state index contributed by atoms with van der Waals surface area (Å²) in [7, 11) is 0. The van der Waals surface area contributed by atoms with Crippen LogP contribution in [-0.4, -0.2) is 23.9 Å². The third-order valence-electron chi connectivity index (χ3n) is 0.791. The van der Waals surface area contributed by atoms with Gasteiger partial charge in [0.25, 0.3) is 0 Å². The van der Waals surface area contributed by atoms with Gasteiger partial charge in [0.15, 0.2) is 0 Å². The van der Waals surface area contributed by atoms with Gasteiger partial charge >= 0.3 is 5.97 Å². The summed E-state index contributed by atoms with van der Waals surface area (Å²) in [5.74, 6) is 8.87. The van der Waals surface area contributed by atoms with E-state index in [0.717, 1.165) is 0 Å². The molecule has 7 nitrogen and oxygen atoms in total. The zero-order valence-electron chi connectivity index (χ0n) is 5.29. The topological polar surface area (TPSA) is 125 Å². The summed E-state index contributed by atoms with van der Waals surface area (Å²) in [6, 6.07) is 0. The van der Waals surface area contributed by atoms with Gasteiger partial charge in [-0.05, 0) is 0 Å². The molecule has 8 N–H and O–H groups in total. The highest BCUT2D eigenvalue weighted by molar-refractivity contribution is 5.69. The van der Waals surface area contributed by atoms with Gasteiger partial charge < -0.3 is 5.11 Å². The molecule has 0 rings (SSSR count). The number of rotatable bonds is 5. The third kappa shape index (κ3) is 4.18. The number of nitrogens with one attached hydrogen (secondary N) is 3. The standard InChI is InChI=1S/C3H11N5O2/c4-7-3(8-5)6-1-2(9)10/h3,6-8H,1,4-5H2,(H,9,10). The lowest BCUT2D eigenvalue weighted by atomic mass is 10.6. The molecule has 60 valence electrons. The molecule has 0 amide bonds. The number of carboxylic acids is 1. The first-order valence-corrected chi connectivity index (χ1v) is 2.58. The third-order valence-corrected chi connectivity index (χ3v) is 0.791. The van der Waals surface area contributed by atoms with Gasteiger partial charge in [-0.2, -0.15) is 0 Å². The van der Waals surface area contributed by atoms with Gasteiger partial charge in [-0.1, -0.05) is 0 Å². The summed E-state index contributed by atoms with van der Waals surface area (Å²) in [6.07, 6.45) is -0.587. The number of nitrogens with two attached hydrogens (primary N) is 2. The first-order valence-electron chi connectivity index (χ1n) is 2.58. The Morgan fingerprint density at radius 1 is 1.50 bits per heavy atom. The van der Waals surface area contributed by atoms with E-state index in [1.165, 1.54) is 0 Å². The SMILES string of the molecule is NNC(NN)NCC(=O)O. The minimum Gasteiger partial charge on any atom is -0.480 e. The van der Waals surface area contributed by atoms with Crippen LogP contribution in [0.1, 0.15) is 0 Å². The number of hydrogen-bond acceptors (Lipinski definition) is 6. The number of carbonyl (C=O) groups is 1. The molecule has 0 aromatic heterocycles. The van der Waals surface area contributed by atoms with Crippen LogP contribution in [0.3, 0.4) is 0 Å². The van der Waals surface area contributed by atoms with Crippen LogP contribution in [-0.2, 0) is 4.79 Å². The van der Waals surface area contributed by atoms with Crippen molar-refractivity contribution in [1.29, 1.82) is 0 Å². The Hall–Kier alpha value is -0.730. The van der Waals surface area contributed by atoms with Crippen molar-refractivity contribution >= 4 is 5.97 Å². The Balaban J connectivity index is 3.34. The normalized spacial score (nSPS) is 10.3. The van der Waals surface area contributed by atoms with Crippen molar-refractivity contribution in [2.24, 2.45) is 11.7 Å². The van der Waals surface area contributed by atoms with E-state index >= 15 is 0 Å². The summed E-state index contributed by atoms with van der Waals surface area (Å²) in [5, 5.41) is 10.6. The maximum absolute atomic E-state index is 9.94. The molecule has 10 heavy (non-hydrogen) atoms. The molecule has 0 radical (unpaired) electrons. The molecule has 0 saturated heterocycles. The molecule has 0 aromatic rings. The first-order chi connectivity index (χ1) is 4.70. The van der Waals surface area contributed by atoms with E-state index in [9.17, 15) is 4.79 Å². The van der Waals surface area contributed by atoms with Crippen molar-refractivity contribution in [3.8, 4) is 0 Å². The second-order valence-corrected chi connectivity index (χ2v) is 1.54. The maximum atomic E-state index is 9.94. The van der Waals surface area contributed by atoms with E-state index in [4.69, 9.17) is 16.8 Å². The van der Waals surface area contributed by atoms with Crippen molar-refractivity contribution in [3.05, 3.63) is 0 Å². The van der Waals surface area contributed by atoms with E-state index in [1.54, 1.807) is 0 Å². The smallest absolute Gasteiger partial charge is 0.317 e. The lowest BCUT2D eigenvalue weighted by Crippen LogP contribution is -2.58. The Labute approximate surface area is 57.7 Å². The highest BCUT2D eigenvalue weighted by Crippen LogP contribution is 1.63. The van der Waals surface area contributed by atoms with E-state index in [0.29, 0.717) is 0 Å². The Kier molecular flexibility index (Phi) is 4.72. The van der Waals surface area contributed by atoms with Crippen LogP contribution in [0.5, 0.6) is 0 Å². The highest BCUT2D eigenvalue weighted by atomic mass is 16.4. The molecule has 0 spiro atoms. The molecule has 0 bridgehead atoms. The Morgan fingerprint density at radius 3 is 2.30 bits per heavy atom. The average Bonchev–Trinajstić information content (AvgIpc) is 1.90. The van der Waals surface area contributed by atoms with Crippen molar-refractivity contribution in [3.63, 3.8) is 0 Å². The minimum absolute atomic E-state index is 0.209. The quantitative estimate of drug-likeness (QED) is 0.139. The molecule has 0 aliphatic heterocycles. The predicted molar refractivity (Wildman–Crippen MR) is 34.1 cm³/mol. The summed E-state index contributed by atoms with van der Waals surface area (Å²) in [4.78, 5) is 9.94. The highest BCUT2D eigenvalue weighted by Gasteiger charge is 2.02. The molecule has 0 atom stereocenters. The molecule has 0 heterocycles. The second-order valence-electron chi connectivity index (χ2n) is 1.54. The van der Waals surface area contributed by atoms with Crippen LogP contribution >= 0.6 is 0 Å². The van der Waals surface area contributed by atoms with Gasteiger partial charge in [0.1, 0.15) is 6.29 Å². The molecule has 0 aliphatic carbocycles. The fraction of sp³-hybridized carbons (Fsp3) is 0.667. The first kappa shape index (κ1) is 9.27. The Morgan fingerprint density at radius 2 is 2.00 bits per heavy atom. The van der Waals surface area contributed by atoms with Crippen LogP contribution in [0, 0.1) is 0 Å². The average molecular weight is 149 g/mol. The number of hydrogen-bond donors (Lipinski definition) is 6. The van der Waals surface area contributed by atoms with Crippen molar-refractivity contribution in [2.45, 2.75) is 6.29 Å². The summed E-state index contributed by atoms with van der Waals surface area (Å²) >= 11 is 0. The van der Waals surface area contributed by atoms with Gasteiger partial charge in [0.2, 0.25) is 0 Å². The lowest BCUT2D eigenvalue weighted by molar-refractivity contribution is -0.136. The minimum atomic E-state index is -0.976. The van der Waals surface area contributed by atoms with E-state index in [-0.39, 0.29) is 6.54 Å². The fourth-order valence-corrected chi connectivity index (χ4v) is 0.355. The van der Waals surface area contributed by atoms with E-state index < -0.39 is 12.3 Å². The number of aliphatic carboxylic acids is 1. The zero-order chi connectivity index (χ0) is 7.98. The van der Waals surface area contributed by atoms with Crippen LogP contribution in [0.25, 0.3) is 0 Å². The van der Waals surface area contributed by atoms with Gasteiger partial charge in [-0.25, -0.2) is 10.9 Å². The molecule has 0 fully saturated rings. The van der Waals surface area contributed by atoms with Gasteiger partial charge in [0.05, 0.1) is 6.54 Å². The number of hydrazine groups is 2. The Bertz CT molecular complexity index is 103. The zero-order valence-corrected chi connectivity index (χ0v) is 5.29. The van der Waals surface area contributed by atoms with Crippen molar-refractivity contribution in [2.75, 3.05) is 6.54 Å². The molecular formula is C3H11N5O2. The summed E-state index contributed by atoms with van der Waals surface area (Å²) in [5.41, 5.74) is 4.39. The fourth-order valence-electron chi connectivity index (χ4n) is 0.355. The molecule has 0 unspecified atom stereocenters. The largest absolute Gasteiger partial charge is 0.480 e. The summed E-state index contributed by atoms with van der Waals surface area (Å²) < 4.78 is 0. The van der Waals surface area contributed by atoms with Crippen molar-refractivity contribution in [1.82, 2.24) is 16.2 Å². The molecular weight excluding hydrogens is 138 g/mol. The maximum Gasteiger partial charge on any atom is 0.317 e. The van der Waals surface area contributed by atoms with Crippen LogP contribution in [0.2, 0.25) is 0 Å². The van der Waals surface area contributed by atoms with Gasteiger partial charge in [-0.3, -0.25) is 21.8 Å². The summed E-state index contributed by atoms with van der Waals surface area (Å²) in [6.45, 7) is -0.209. The van der Waals surface area contributed by atoms with E-state index in [1.807, 2.05) is 0 Å². The molecule has 0 aliphatic rings. The van der Waals surface area contributed by atoms with Crippen LogP contribution in [0.4, 0.5) is 0 Å². The molecule has 0 saturated carbocycles. The van der Waals surface area contributed by atoms with Crippen LogP contribution in [0.15, 0.2) is 0 Å². The predicted octanol–water partition coefficient (Wildman–Crippen LogP) is -3.13. The van der Waals surface area contributed by atoms with Gasteiger partial charge in [0, 0.05) is 0 Å². The number of carboxylic acid groups (broad SMARTS) is 1. The van der Waals surface area contributed by atoms with E-state index in [2.05, 4.69) is 16.2 Å². The second kappa shape index (κ2) is 5.09. The van der Waals surface area contributed by atoms with Crippen LogP contribution < -0.4 is 27.9 Å². The monoisotopic (exact) mass is 149 g/mol. The molecule has 0 aromatic carbocycles. The molecule has 7 heteroatoms.